The molecule has 2 aliphatic rings. The van der Waals surface area contributed by atoms with Gasteiger partial charge in [0.15, 0.2) is 5.78 Å². The van der Waals surface area contributed by atoms with Crippen molar-refractivity contribution in [2.24, 2.45) is 0 Å². The van der Waals surface area contributed by atoms with E-state index in [0.29, 0.717) is 39.6 Å². The lowest BCUT2D eigenvalue weighted by molar-refractivity contribution is -0.133. The van der Waals surface area contributed by atoms with Crippen molar-refractivity contribution in [1.82, 2.24) is 10.2 Å². The summed E-state index contributed by atoms with van der Waals surface area (Å²) in [7, 11) is 0. The molecule has 0 spiro atoms. The van der Waals surface area contributed by atoms with Gasteiger partial charge in [-0.2, -0.15) is 0 Å². The highest BCUT2D eigenvalue weighted by Gasteiger charge is 2.39. The Morgan fingerprint density at radius 3 is 2.61 bits per heavy atom. The van der Waals surface area contributed by atoms with Gasteiger partial charge in [0.1, 0.15) is 5.78 Å². The minimum Gasteiger partial charge on any atom is -0.345 e. The van der Waals surface area contributed by atoms with Crippen LogP contribution in [-0.4, -0.2) is 34.3 Å². The maximum absolute atomic E-state index is 12.8. The number of rotatable bonds is 4. The Hall–Kier alpha value is -2.70. The molecule has 0 bridgehead atoms. The molecular formula is C23H20Cl2N2O4. The van der Waals surface area contributed by atoms with Gasteiger partial charge < -0.3 is 10.2 Å². The Balaban J connectivity index is 1.49. The van der Waals surface area contributed by atoms with E-state index in [-0.39, 0.29) is 42.4 Å². The third-order valence-electron chi connectivity index (χ3n) is 5.79. The third-order valence-corrected chi connectivity index (χ3v) is 6.35. The van der Waals surface area contributed by atoms with Gasteiger partial charge in [-0.1, -0.05) is 29.3 Å². The molecule has 1 heterocycles. The second-order valence-electron chi connectivity index (χ2n) is 7.90. The lowest BCUT2D eigenvalue weighted by atomic mass is 9.92. The third kappa shape index (κ3) is 4.23. The fourth-order valence-electron chi connectivity index (χ4n) is 4.14. The lowest BCUT2D eigenvalue weighted by Crippen LogP contribution is -2.44. The molecule has 4 rings (SSSR count). The quantitative estimate of drug-likeness (QED) is 0.697. The standard InChI is InChI=1S/C23H20Cl2N2O4/c1-12(17-6-3-15(24)9-19(17)25)26-22(30)13-2-5-18-14(8-13)11-27(23(18)31)20-7-4-16(28)10-21(20)29/h2-3,5-6,8-9,12,20H,4,7,10-11H2,1H3,(H,26,30)/t12-,20?/m0/s1. The van der Waals surface area contributed by atoms with Crippen LogP contribution in [0.5, 0.6) is 0 Å². The van der Waals surface area contributed by atoms with Crippen LogP contribution in [0.4, 0.5) is 0 Å². The van der Waals surface area contributed by atoms with Gasteiger partial charge >= 0.3 is 0 Å². The Morgan fingerprint density at radius 1 is 1.13 bits per heavy atom. The second-order valence-corrected chi connectivity index (χ2v) is 8.75. The van der Waals surface area contributed by atoms with Crippen LogP contribution in [0.3, 0.4) is 0 Å². The van der Waals surface area contributed by atoms with E-state index in [1.165, 1.54) is 4.90 Å². The maximum Gasteiger partial charge on any atom is 0.255 e. The van der Waals surface area contributed by atoms with Crippen LogP contribution in [0.15, 0.2) is 36.4 Å². The molecule has 8 heteroatoms. The van der Waals surface area contributed by atoms with E-state index in [4.69, 9.17) is 23.2 Å². The predicted molar refractivity (Wildman–Crippen MR) is 116 cm³/mol. The average Bonchev–Trinajstić information content (AvgIpc) is 3.03. The van der Waals surface area contributed by atoms with Gasteiger partial charge in [0, 0.05) is 34.1 Å². The van der Waals surface area contributed by atoms with Gasteiger partial charge in [0.25, 0.3) is 11.8 Å². The minimum atomic E-state index is -0.582. The summed E-state index contributed by atoms with van der Waals surface area (Å²) in [6, 6.07) is 9.06. The lowest BCUT2D eigenvalue weighted by Gasteiger charge is -2.29. The zero-order chi connectivity index (χ0) is 22.3. The average molecular weight is 459 g/mol. The van der Waals surface area contributed by atoms with Gasteiger partial charge in [-0.25, -0.2) is 0 Å². The van der Waals surface area contributed by atoms with E-state index in [2.05, 4.69) is 5.32 Å². The molecule has 2 aromatic carbocycles. The Bertz CT molecular complexity index is 1110. The molecule has 2 amide bonds. The normalized spacial score (nSPS) is 19.4. The van der Waals surface area contributed by atoms with Crippen LogP contribution in [0, 0.1) is 0 Å². The SMILES string of the molecule is C[C@H](NC(=O)c1ccc2c(c1)CN(C1CCC(=O)CC1=O)C2=O)c1ccc(Cl)cc1Cl. The largest absolute Gasteiger partial charge is 0.345 e. The molecule has 1 saturated carbocycles. The molecule has 2 aromatic rings. The molecule has 0 radical (unpaired) electrons. The summed E-state index contributed by atoms with van der Waals surface area (Å²) < 4.78 is 0. The molecule has 0 saturated heterocycles. The van der Waals surface area contributed by atoms with E-state index in [0.717, 1.165) is 5.56 Å². The van der Waals surface area contributed by atoms with Crippen LogP contribution in [0.2, 0.25) is 10.0 Å². The molecule has 1 aliphatic carbocycles. The zero-order valence-electron chi connectivity index (χ0n) is 16.8. The molecule has 160 valence electrons. The number of nitrogens with zero attached hydrogens (tertiary/aromatic N) is 1. The van der Waals surface area contributed by atoms with E-state index < -0.39 is 6.04 Å². The monoisotopic (exact) mass is 458 g/mol. The molecule has 31 heavy (non-hydrogen) atoms. The summed E-state index contributed by atoms with van der Waals surface area (Å²) in [6.07, 6.45) is 0.531. The molecule has 6 nitrogen and oxygen atoms in total. The van der Waals surface area contributed by atoms with Gasteiger partial charge in [0.2, 0.25) is 0 Å². The van der Waals surface area contributed by atoms with Crippen LogP contribution in [-0.2, 0) is 16.1 Å². The number of nitrogens with one attached hydrogen (secondary N) is 1. The molecule has 1 aliphatic heterocycles. The predicted octanol–water partition coefficient (Wildman–Crippen LogP) is 4.13. The molecule has 1 unspecified atom stereocenters. The molecule has 1 fully saturated rings. The van der Waals surface area contributed by atoms with E-state index in [9.17, 15) is 19.2 Å². The topological polar surface area (TPSA) is 83.6 Å². The van der Waals surface area contributed by atoms with Crippen LogP contribution in [0.1, 0.15) is 64.1 Å². The summed E-state index contributed by atoms with van der Waals surface area (Å²) >= 11 is 12.2. The number of Topliss-reactive ketones (excluding diaryl/α,β-unsaturated/α-hetero) is 2. The Kier molecular flexibility index (Phi) is 5.86. The van der Waals surface area contributed by atoms with Gasteiger partial charge in [-0.15, -0.1) is 0 Å². The highest BCUT2D eigenvalue weighted by atomic mass is 35.5. The number of amides is 2. The minimum absolute atomic E-state index is 0.0840. The summed E-state index contributed by atoms with van der Waals surface area (Å²) in [5.74, 6) is -0.842. The fourth-order valence-corrected chi connectivity index (χ4v) is 4.71. The van der Waals surface area contributed by atoms with Crippen molar-refractivity contribution >= 4 is 46.6 Å². The first-order chi connectivity index (χ1) is 14.7. The van der Waals surface area contributed by atoms with Gasteiger partial charge in [-0.05, 0) is 54.8 Å². The summed E-state index contributed by atoms with van der Waals surface area (Å²) in [5.41, 5.74) is 2.33. The van der Waals surface area contributed by atoms with Crippen LogP contribution >= 0.6 is 23.2 Å². The van der Waals surface area contributed by atoms with Crippen LogP contribution in [0.25, 0.3) is 0 Å². The maximum atomic E-state index is 12.8. The number of hydrogen-bond donors (Lipinski definition) is 1. The number of hydrogen-bond acceptors (Lipinski definition) is 4. The number of ketones is 2. The smallest absolute Gasteiger partial charge is 0.255 e. The van der Waals surface area contributed by atoms with Crippen molar-refractivity contribution < 1.29 is 19.2 Å². The van der Waals surface area contributed by atoms with Crippen molar-refractivity contribution in [1.29, 1.82) is 0 Å². The zero-order valence-corrected chi connectivity index (χ0v) is 18.3. The van der Waals surface area contributed by atoms with Crippen molar-refractivity contribution in [3.8, 4) is 0 Å². The van der Waals surface area contributed by atoms with Crippen LogP contribution < -0.4 is 5.32 Å². The van der Waals surface area contributed by atoms with Gasteiger partial charge in [-0.3, -0.25) is 19.2 Å². The summed E-state index contributed by atoms with van der Waals surface area (Å²) in [5, 5.41) is 3.88. The number of fused-ring (bicyclic) bond motifs is 1. The van der Waals surface area contributed by atoms with Crippen molar-refractivity contribution in [3.05, 3.63) is 68.7 Å². The first-order valence-electron chi connectivity index (χ1n) is 9.98. The highest BCUT2D eigenvalue weighted by Crippen LogP contribution is 2.30. The second kappa shape index (κ2) is 8.44. The molecule has 0 aromatic heterocycles. The Labute approximate surface area is 189 Å². The van der Waals surface area contributed by atoms with E-state index >= 15 is 0 Å². The summed E-state index contributed by atoms with van der Waals surface area (Å²) in [4.78, 5) is 50.9. The number of halogens is 2. The van der Waals surface area contributed by atoms with Gasteiger partial charge in [0.05, 0.1) is 18.5 Å². The number of carbonyl (C=O) groups excluding carboxylic acids is 4. The van der Waals surface area contributed by atoms with Crippen molar-refractivity contribution in [2.75, 3.05) is 0 Å². The Morgan fingerprint density at radius 2 is 1.90 bits per heavy atom. The first-order valence-corrected chi connectivity index (χ1v) is 10.7. The van der Waals surface area contributed by atoms with E-state index in [1.807, 2.05) is 6.92 Å². The van der Waals surface area contributed by atoms with Crippen molar-refractivity contribution in [3.63, 3.8) is 0 Å². The number of carbonyl (C=O) groups is 4. The number of benzene rings is 2. The molecule has 2 atom stereocenters. The fraction of sp³-hybridized carbons (Fsp3) is 0.304. The molecule has 1 N–H and O–H groups in total. The van der Waals surface area contributed by atoms with Crippen molar-refractivity contribution in [2.45, 2.75) is 44.8 Å². The highest BCUT2D eigenvalue weighted by molar-refractivity contribution is 6.35. The van der Waals surface area contributed by atoms with E-state index in [1.54, 1.807) is 36.4 Å². The first kappa shape index (κ1) is 21.5. The summed E-state index contributed by atoms with van der Waals surface area (Å²) in [6.45, 7) is 2.07. The molecular weight excluding hydrogens is 439 g/mol.